The van der Waals surface area contributed by atoms with Gasteiger partial charge in [-0.15, -0.1) is 0 Å². The number of nitrogens with one attached hydrogen (secondary N) is 1. The first kappa shape index (κ1) is 28.9. The van der Waals surface area contributed by atoms with Crippen LogP contribution in [0.25, 0.3) is 0 Å². The van der Waals surface area contributed by atoms with Crippen LogP contribution in [0.1, 0.15) is 117 Å². The molecule has 0 saturated carbocycles. The van der Waals surface area contributed by atoms with Gasteiger partial charge in [-0.2, -0.15) is 0 Å². The largest absolute Gasteiger partial charge is 0.394 e. The monoisotopic (exact) mass is 423 g/mol. The number of amides is 1. The van der Waals surface area contributed by atoms with Crippen LogP contribution in [-0.2, 0) is 4.79 Å². The van der Waals surface area contributed by atoms with Crippen molar-refractivity contribution in [1.82, 2.24) is 5.32 Å². The summed E-state index contributed by atoms with van der Waals surface area (Å²) < 4.78 is 0. The van der Waals surface area contributed by atoms with E-state index >= 15 is 0 Å². The number of hydrogen-bond acceptors (Lipinski definition) is 3. The highest BCUT2D eigenvalue weighted by atomic mass is 16.3. The second-order valence-corrected chi connectivity index (χ2v) is 8.40. The summed E-state index contributed by atoms with van der Waals surface area (Å²) in [5.74, 6) is -0.0609. The second kappa shape index (κ2) is 22.6. The Morgan fingerprint density at radius 3 is 2.00 bits per heavy atom. The predicted octanol–water partition coefficient (Wildman–Crippen LogP) is 6.22. The lowest BCUT2D eigenvalue weighted by Crippen LogP contribution is -2.45. The molecule has 4 nitrogen and oxygen atoms in total. The molecule has 3 N–H and O–H groups in total. The number of hydrogen-bond donors (Lipinski definition) is 3. The van der Waals surface area contributed by atoms with Crippen molar-refractivity contribution in [2.24, 2.45) is 0 Å². The molecule has 0 aliphatic rings. The summed E-state index contributed by atoms with van der Waals surface area (Å²) in [5, 5.41) is 22.3. The molecule has 0 fully saturated rings. The highest BCUT2D eigenvalue weighted by Crippen LogP contribution is 2.10. The van der Waals surface area contributed by atoms with Gasteiger partial charge in [0.05, 0.1) is 18.8 Å². The van der Waals surface area contributed by atoms with Gasteiger partial charge in [-0.05, 0) is 44.9 Å². The molecule has 0 rings (SSSR count). The Morgan fingerprint density at radius 2 is 1.37 bits per heavy atom. The Kier molecular flexibility index (Phi) is 21.7. The fraction of sp³-hybridized carbons (Fsp3) is 0.808. The number of rotatable bonds is 21. The number of aliphatic hydroxyl groups is 2. The molecule has 0 saturated heterocycles. The van der Waals surface area contributed by atoms with Crippen LogP contribution >= 0.6 is 0 Å². The maximum atomic E-state index is 12.0. The molecule has 176 valence electrons. The van der Waals surface area contributed by atoms with Gasteiger partial charge in [-0.3, -0.25) is 4.79 Å². The van der Waals surface area contributed by atoms with Gasteiger partial charge in [0.2, 0.25) is 5.91 Å². The van der Waals surface area contributed by atoms with Crippen molar-refractivity contribution in [2.75, 3.05) is 6.61 Å². The molecule has 30 heavy (non-hydrogen) atoms. The van der Waals surface area contributed by atoms with E-state index in [0.717, 1.165) is 51.4 Å². The molecule has 0 aromatic heterocycles. The van der Waals surface area contributed by atoms with Gasteiger partial charge in [0, 0.05) is 6.42 Å². The highest BCUT2D eigenvalue weighted by Gasteiger charge is 2.19. The normalized spacial score (nSPS) is 13.9. The lowest BCUT2D eigenvalue weighted by molar-refractivity contribution is -0.123. The molecule has 0 spiro atoms. The molecule has 0 aromatic rings. The van der Waals surface area contributed by atoms with Gasteiger partial charge in [0.1, 0.15) is 0 Å². The van der Waals surface area contributed by atoms with E-state index in [4.69, 9.17) is 0 Å². The van der Waals surface area contributed by atoms with E-state index in [0.29, 0.717) is 12.8 Å². The molecule has 0 bridgehead atoms. The Bertz CT molecular complexity index is 434. The van der Waals surface area contributed by atoms with Gasteiger partial charge in [-0.1, -0.05) is 89.5 Å². The van der Waals surface area contributed by atoms with E-state index in [2.05, 4.69) is 43.5 Å². The average Bonchev–Trinajstić information content (AvgIpc) is 2.74. The quantitative estimate of drug-likeness (QED) is 0.152. The van der Waals surface area contributed by atoms with E-state index in [-0.39, 0.29) is 12.5 Å². The number of carbonyl (C=O) groups excluding carboxylic acids is 1. The van der Waals surface area contributed by atoms with Crippen LogP contribution in [0.5, 0.6) is 0 Å². The Labute approximate surface area is 186 Å². The summed E-state index contributed by atoms with van der Waals surface area (Å²) in [5.41, 5.74) is 0. The number of carbonyl (C=O) groups is 1. The highest BCUT2D eigenvalue weighted by molar-refractivity contribution is 5.76. The molecule has 2 atom stereocenters. The van der Waals surface area contributed by atoms with Crippen LogP contribution in [0, 0.1) is 0 Å². The summed E-state index contributed by atoms with van der Waals surface area (Å²) in [4.78, 5) is 12.0. The maximum Gasteiger partial charge on any atom is 0.220 e. The molecule has 4 heteroatoms. The minimum atomic E-state index is -0.657. The summed E-state index contributed by atoms with van der Waals surface area (Å²) in [6.45, 7) is 4.14. The summed E-state index contributed by atoms with van der Waals surface area (Å²) in [6.07, 6.45) is 25.4. The Balaban J connectivity index is 3.60. The van der Waals surface area contributed by atoms with E-state index in [1.807, 2.05) is 0 Å². The fourth-order valence-corrected chi connectivity index (χ4v) is 3.44. The number of aliphatic hydroxyl groups excluding tert-OH is 2. The first-order valence-electron chi connectivity index (χ1n) is 12.5. The van der Waals surface area contributed by atoms with Crippen LogP contribution in [0.4, 0.5) is 0 Å². The van der Waals surface area contributed by atoms with Crippen LogP contribution in [0.15, 0.2) is 24.3 Å². The summed E-state index contributed by atoms with van der Waals surface area (Å²) in [7, 11) is 0. The second-order valence-electron chi connectivity index (χ2n) is 8.40. The number of unbranched alkanes of at least 4 members (excludes halogenated alkanes) is 10. The van der Waals surface area contributed by atoms with E-state index < -0.39 is 12.1 Å². The minimum absolute atomic E-state index is 0.0609. The fourth-order valence-electron chi connectivity index (χ4n) is 3.44. The van der Waals surface area contributed by atoms with Crippen LogP contribution in [-0.4, -0.2) is 34.9 Å². The molecule has 0 aliphatic heterocycles. The molecule has 0 radical (unpaired) electrons. The molecular weight excluding hydrogens is 374 g/mol. The Morgan fingerprint density at radius 1 is 0.800 bits per heavy atom. The van der Waals surface area contributed by atoms with Gasteiger partial charge >= 0.3 is 0 Å². The lowest BCUT2D eigenvalue weighted by Gasteiger charge is -2.22. The van der Waals surface area contributed by atoms with Crippen molar-refractivity contribution < 1.29 is 15.0 Å². The molecule has 0 heterocycles. The van der Waals surface area contributed by atoms with Crippen molar-refractivity contribution in [2.45, 2.75) is 129 Å². The lowest BCUT2D eigenvalue weighted by atomic mass is 10.0. The third-order valence-corrected chi connectivity index (χ3v) is 5.47. The zero-order chi connectivity index (χ0) is 22.3. The van der Waals surface area contributed by atoms with Gasteiger partial charge in [-0.25, -0.2) is 0 Å². The molecule has 1 amide bonds. The first-order valence-corrected chi connectivity index (χ1v) is 12.5. The first-order chi connectivity index (χ1) is 14.7. The van der Waals surface area contributed by atoms with Gasteiger partial charge in [0.25, 0.3) is 0 Å². The molecule has 2 unspecified atom stereocenters. The van der Waals surface area contributed by atoms with Crippen molar-refractivity contribution in [3.63, 3.8) is 0 Å². The third-order valence-electron chi connectivity index (χ3n) is 5.47. The molecular formula is C26H49NO3. The van der Waals surface area contributed by atoms with Crippen molar-refractivity contribution in [1.29, 1.82) is 0 Å². The standard InChI is InChI=1S/C26H49NO3/c1-3-5-7-8-9-10-11-12-13-14-15-16-17-18-20-22-26(30)27-24(23-28)25(29)21-19-6-4-2/h9-10,12-13,24-25,28-29H,3-8,11,14-23H2,1-2H3,(H,27,30)/b10-9-,13-12-. The third kappa shape index (κ3) is 18.9. The van der Waals surface area contributed by atoms with Gasteiger partial charge in [0.15, 0.2) is 0 Å². The van der Waals surface area contributed by atoms with Crippen LogP contribution in [0.2, 0.25) is 0 Å². The predicted molar refractivity (Wildman–Crippen MR) is 129 cm³/mol. The van der Waals surface area contributed by atoms with Crippen LogP contribution in [0.3, 0.4) is 0 Å². The van der Waals surface area contributed by atoms with Gasteiger partial charge < -0.3 is 15.5 Å². The average molecular weight is 424 g/mol. The minimum Gasteiger partial charge on any atom is -0.394 e. The molecule has 0 aliphatic carbocycles. The summed E-state index contributed by atoms with van der Waals surface area (Å²) in [6, 6.07) is -0.535. The zero-order valence-corrected chi connectivity index (χ0v) is 19.8. The zero-order valence-electron chi connectivity index (χ0n) is 19.8. The smallest absolute Gasteiger partial charge is 0.220 e. The SMILES string of the molecule is CCCCC/C=C\C/C=C\CCCCCCCC(=O)NC(CO)C(O)CCCCC. The van der Waals surface area contributed by atoms with E-state index in [1.165, 1.54) is 38.5 Å². The molecule has 0 aromatic carbocycles. The van der Waals surface area contributed by atoms with Crippen molar-refractivity contribution >= 4 is 5.91 Å². The van der Waals surface area contributed by atoms with Crippen molar-refractivity contribution in [3.8, 4) is 0 Å². The Hall–Kier alpha value is -1.13. The topological polar surface area (TPSA) is 69.6 Å². The number of allylic oxidation sites excluding steroid dienone is 4. The summed E-state index contributed by atoms with van der Waals surface area (Å²) >= 11 is 0. The maximum absolute atomic E-state index is 12.0. The van der Waals surface area contributed by atoms with Crippen molar-refractivity contribution in [3.05, 3.63) is 24.3 Å². The van der Waals surface area contributed by atoms with Crippen LogP contribution < -0.4 is 5.32 Å². The van der Waals surface area contributed by atoms with E-state index in [1.54, 1.807) is 0 Å². The van der Waals surface area contributed by atoms with E-state index in [9.17, 15) is 15.0 Å².